The van der Waals surface area contributed by atoms with Crippen LogP contribution in [-0.2, 0) is 16.0 Å². The van der Waals surface area contributed by atoms with Crippen molar-refractivity contribution in [2.75, 3.05) is 24.3 Å². The molecule has 0 saturated carbocycles. The molecule has 6 heteroatoms. The third kappa shape index (κ3) is 5.07. The first-order valence-corrected chi connectivity index (χ1v) is 8.73. The maximum Gasteiger partial charge on any atom is 0.251 e. The molecule has 0 aliphatic carbocycles. The van der Waals surface area contributed by atoms with E-state index in [0.29, 0.717) is 30.2 Å². The van der Waals surface area contributed by atoms with E-state index in [9.17, 15) is 9.59 Å². The van der Waals surface area contributed by atoms with Gasteiger partial charge in [-0.1, -0.05) is 12.1 Å². The van der Waals surface area contributed by atoms with Crippen LogP contribution in [0.4, 0.5) is 11.4 Å². The fraction of sp³-hybridized carbons (Fsp3) is 0.300. The number of anilines is 2. The number of hydrogen-bond donors (Lipinski definition) is 3. The zero-order valence-corrected chi connectivity index (χ0v) is 14.5. The molecule has 1 aliphatic heterocycles. The molecule has 0 unspecified atom stereocenters. The molecule has 26 heavy (non-hydrogen) atoms. The van der Waals surface area contributed by atoms with Crippen molar-refractivity contribution in [1.82, 2.24) is 5.32 Å². The van der Waals surface area contributed by atoms with Crippen molar-refractivity contribution in [3.8, 4) is 0 Å². The van der Waals surface area contributed by atoms with Crippen LogP contribution in [0.5, 0.6) is 0 Å². The summed E-state index contributed by atoms with van der Waals surface area (Å²) in [5, 5.41) is 5.85. The van der Waals surface area contributed by atoms with Crippen molar-refractivity contribution < 1.29 is 14.3 Å². The van der Waals surface area contributed by atoms with Gasteiger partial charge in [0.15, 0.2) is 0 Å². The van der Waals surface area contributed by atoms with Gasteiger partial charge in [-0.2, -0.15) is 0 Å². The largest absolute Gasteiger partial charge is 0.399 e. The molecule has 1 aliphatic rings. The molecule has 0 bridgehead atoms. The molecule has 2 aromatic rings. The van der Waals surface area contributed by atoms with Crippen LogP contribution in [0.15, 0.2) is 48.5 Å². The molecule has 0 atom stereocenters. The van der Waals surface area contributed by atoms with Crippen LogP contribution in [0.2, 0.25) is 0 Å². The summed E-state index contributed by atoms with van der Waals surface area (Å²) in [5.41, 5.74) is 8.44. The minimum absolute atomic E-state index is 0.100. The Labute approximate surface area is 152 Å². The van der Waals surface area contributed by atoms with Crippen LogP contribution in [0.25, 0.3) is 0 Å². The predicted molar refractivity (Wildman–Crippen MR) is 101 cm³/mol. The Bertz CT molecular complexity index is 751. The van der Waals surface area contributed by atoms with Crippen LogP contribution in [0.1, 0.15) is 28.8 Å². The van der Waals surface area contributed by atoms with Crippen molar-refractivity contribution >= 4 is 23.2 Å². The van der Waals surface area contributed by atoms with Crippen LogP contribution < -0.4 is 16.4 Å². The lowest BCUT2D eigenvalue weighted by molar-refractivity contribution is -0.115. The highest BCUT2D eigenvalue weighted by molar-refractivity contribution is 5.96. The number of rotatable bonds is 5. The van der Waals surface area contributed by atoms with E-state index in [-0.39, 0.29) is 24.3 Å². The maximum atomic E-state index is 12.3. The smallest absolute Gasteiger partial charge is 0.251 e. The molecule has 6 nitrogen and oxygen atoms in total. The summed E-state index contributed by atoms with van der Waals surface area (Å²) < 4.78 is 5.29. The van der Waals surface area contributed by atoms with Gasteiger partial charge < -0.3 is 21.1 Å². The van der Waals surface area contributed by atoms with Crippen LogP contribution >= 0.6 is 0 Å². The number of carbonyl (C=O) groups excluding carboxylic acids is 2. The Hall–Kier alpha value is -2.86. The number of nitrogens with two attached hydrogens (primary N) is 1. The number of carbonyl (C=O) groups is 2. The molecule has 1 saturated heterocycles. The monoisotopic (exact) mass is 353 g/mol. The van der Waals surface area contributed by atoms with Gasteiger partial charge in [0.1, 0.15) is 0 Å². The lowest BCUT2D eigenvalue weighted by atomic mass is 10.1. The normalized spacial score (nSPS) is 14.6. The molecular formula is C20H23N3O3. The zero-order valence-electron chi connectivity index (χ0n) is 14.5. The fourth-order valence-corrected chi connectivity index (χ4v) is 2.84. The number of amides is 2. The minimum atomic E-state index is -0.117. The lowest BCUT2D eigenvalue weighted by Crippen LogP contribution is -2.38. The second kappa shape index (κ2) is 8.49. The zero-order chi connectivity index (χ0) is 18.4. The molecule has 3 rings (SSSR count). The molecule has 1 heterocycles. The van der Waals surface area contributed by atoms with Crippen molar-refractivity contribution in [1.29, 1.82) is 0 Å². The average molecular weight is 353 g/mol. The van der Waals surface area contributed by atoms with E-state index in [1.54, 1.807) is 36.4 Å². The highest BCUT2D eigenvalue weighted by Gasteiger charge is 2.17. The summed E-state index contributed by atoms with van der Waals surface area (Å²) >= 11 is 0. The summed E-state index contributed by atoms with van der Waals surface area (Å²) in [6.07, 6.45) is 1.95. The molecular weight excluding hydrogens is 330 g/mol. The van der Waals surface area contributed by atoms with E-state index in [0.717, 1.165) is 18.4 Å². The van der Waals surface area contributed by atoms with Gasteiger partial charge in [-0.25, -0.2) is 0 Å². The summed E-state index contributed by atoms with van der Waals surface area (Å²) in [5.74, 6) is -0.217. The highest BCUT2D eigenvalue weighted by Crippen LogP contribution is 2.13. The molecule has 2 amide bonds. The summed E-state index contributed by atoms with van der Waals surface area (Å²) in [6.45, 7) is 1.37. The highest BCUT2D eigenvalue weighted by atomic mass is 16.5. The first kappa shape index (κ1) is 17.9. The number of ether oxygens (including phenoxy) is 1. The molecule has 0 aromatic heterocycles. The van der Waals surface area contributed by atoms with Crippen molar-refractivity contribution in [2.45, 2.75) is 25.3 Å². The van der Waals surface area contributed by atoms with Crippen LogP contribution in [0.3, 0.4) is 0 Å². The van der Waals surface area contributed by atoms with Gasteiger partial charge in [0, 0.05) is 36.2 Å². The van der Waals surface area contributed by atoms with E-state index in [1.807, 2.05) is 12.1 Å². The van der Waals surface area contributed by atoms with Crippen molar-refractivity contribution in [2.24, 2.45) is 0 Å². The Balaban J connectivity index is 1.52. The minimum Gasteiger partial charge on any atom is -0.399 e. The molecule has 0 radical (unpaired) electrons. The van der Waals surface area contributed by atoms with Gasteiger partial charge in [-0.3, -0.25) is 9.59 Å². The standard InChI is InChI=1S/C20H23N3O3/c21-16-5-1-14(2-6-16)13-19(24)22-17-7-3-15(4-8-17)20(25)23-18-9-11-26-12-10-18/h1-8,18H,9-13,21H2,(H,22,24)(H,23,25). The molecule has 136 valence electrons. The van der Waals surface area contributed by atoms with Crippen LogP contribution in [0, 0.1) is 0 Å². The number of benzene rings is 2. The van der Waals surface area contributed by atoms with E-state index in [1.165, 1.54) is 0 Å². The maximum absolute atomic E-state index is 12.3. The molecule has 1 fully saturated rings. The number of nitrogens with one attached hydrogen (secondary N) is 2. The quantitative estimate of drug-likeness (QED) is 0.719. The number of nitrogen functional groups attached to an aromatic ring is 1. The van der Waals surface area contributed by atoms with Gasteiger partial charge in [0.05, 0.1) is 6.42 Å². The predicted octanol–water partition coefficient (Wildman–Crippen LogP) is 2.36. The van der Waals surface area contributed by atoms with Crippen molar-refractivity contribution in [3.05, 3.63) is 59.7 Å². The van der Waals surface area contributed by atoms with Crippen molar-refractivity contribution in [3.63, 3.8) is 0 Å². The first-order chi connectivity index (χ1) is 12.6. The molecule has 2 aromatic carbocycles. The SMILES string of the molecule is Nc1ccc(CC(=O)Nc2ccc(C(=O)NC3CCOCC3)cc2)cc1. The van der Waals surface area contributed by atoms with Gasteiger partial charge in [0.2, 0.25) is 5.91 Å². The molecule has 4 N–H and O–H groups in total. The van der Waals surface area contributed by atoms with E-state index < -0.39 is 0 Å². The van der Waals surface area contributed by atoms with Gasteiger partial charge in [0.25, 0.3) is 5.91 Å². The second-order valence-corrected chi connectivity index (χ2v) is 6.40. The van der Waals surface area contributed by atoms with E-state index in [2.05, 4.69) is 10.6 Å². The Morgan fingerprint density at radius 1 is 1.00 bits per heavy atom. The average Bonchev–Trinajstić information content (AvgIpc) is 2.65. The van der Waals surface area contributed by atoms with E-state index in [4.69, 9.17) is 10.5 Å². The topological polar surface area (TPSA) is 93.5 Å². The van der Waals surface area contributed by atoms with E-state index >= 15 is 0 Å². The number of hydrogen-bond acceptors (Lipinski definition) is 4. The summed E-state index contributed by atoms with van der Waals surface area (Å²) in [4.78, 5) is 24.4. The third-order valence-corrected chi connectivity index (χ3v) is 4.33. The van der Waals surface area contributed by atoms with Gasteiger partial charge in [-0.05, 0) is 54.8 Å². The Morgan fingerprint density at radius 3 is 2.31 bits per heavy atom. The second-order valence-electron chi connectivity index (χ2n) is 6.40. The van der Waals surface area contributed by atoms with Gasteiger partial charge in [-0.15, -0.1) is 0 Å². The fourth-order valence-electron chi connectivity index (χ4n) is 2.84. The Morgan fingerprint density at radius 2 is 1.65 bits per heavy atom. The van der Waals surface area contributed by atoms with Crippen LogP contribution in [-0.4, -0.2) is 31.1 Å². The lowest BCUT2D eigenvalue weighted by Gasteiger charge is -2.23. The van der Waals surface area contributed by atoms with Gasteiger partial charge >= 0.3 is 0 Å². The summed E-state index contributed by atoms with van der Waals surface area (Å²) in [6, 6.07) is 14.3. The summed E-state index contributed by atoms with van der Waals surface area (Å²) in [7, 11) is 0. The Kier molecular flexibility index (Phi) is 5.86. The third-order valence-electron chi connectivity index (χ3n) is 4.33. The molecule has 0 spiro atoms. The first-order valence-electron chi connectivity index (χ1n) is 8.73.